The van der Waals surface area contributed by atoms with Crippen molar-refractivity contribution in [3.63, 3.8) is 0 Å². The molecule has 1 aliphatic heterocycles. The molecular formula is C19H30N2O3. The van der Waals surface area contributed by atoms with E-state index >= 15 is 0 Å². The maximum atomic E-state index is 12.2. The highest BCUT2D eigenvalue weighted by atomic mass is 16.5. The van der Waals surface area contributed by atoms with Crippen LogP contribution in [0.1, 0.15) is 38.8 Å². The summed E-state index contributed by atoms with van der Waals surface area (Å²) in [5.41, 5.74) is 1.32. The van der Waals surface area contributed by atoms with Gasteiger partial charge < -0.3 is 14.8 Å². The van der Waals surface area contributed by atoms with Crippen LogP contribution in [0.25, 0.3) is 0 Å². The van der Waals surface area contributed by atoms with Crippen molar-refractivity contribution in [2.45, 2.75) is 45.4 Å². The maximum Gasteiger partial charge on any atom is 0.249 e. The lowest BCUT2D eigenvalue weighted by Gasteiger charge is -2.25. The lowest BCUT2D eigenvalue weighted by Crippen LogP contribution is -2.43. The first-order valence-electron chi connectivity index (χ1n) is 8.90. The van der Waals surface area contributed by atoms with Gasteiger partial charge >= 0.3 is 0 Å². The van der Waals surface area contributed by atoms with E-state index in [1.54, 1.807) is 6.92 Å². The van der Waals surface area contributed by atoms with Crippen LogP contribution in [0, 0.1) is 0 Å². The molecule has 1 aromatic rings. The normalized spacial score (nSPS) is 20.7. The molecular weight excluding hydrogens is 304 g/mol. The Kier molecular flexibility index (Phi) is 7.69. The zero-order chi connectivity index (χ0) is 17.4. The molecule has 0 aromatic heterocycles. The van der Waals surface area contributed by atoms with Crippen molar-refractivity contribution in [1.29, 1.82) is 0 Å². The van der Waals surface area contributed by atoms with Crippen LogP contribution in [0.5, 0.6) is 0 Å². The molecule has 2 rings (SSSR count). The Hall–Kier alpha value is -1.43. The number of carbonyl (C=O) groups excluding carboxylic acids is 1. The van der Waals surface area contributed by atoms with Gasteiger partial charge in [-0.3, -0.25) is 9.69 Å². The number of hydrogen-bond donors (Lipinski definition) is 1. The van der Waals surface area contributed by atoms with Crippen LogP contribution in [0.15, 0.2) is 30.3 Å². The van der Waals surface area contributed by atoms with Gasteiger partial charge in [0.2, 0.25) is 5.91 Å². The van der Waals surface area contributed by atoms with Crippen molar-refractivity contribution < 1.29 is 14.3 Å². The summed E-state index contributed by atoms with van der Waals surface area (Å²) in [5, 5.41) is 3.11. The maximum absolute atomic E-state index is 12.2. The Bertz CT molecular complexity index is 495. The number of amides is 1. The number of ether oxygens (including phenoxy) is 2. The summed E-state index contributed by atoms with van der Waals surface area (Å²) >= 11 is 0. The van der Waals surface area contributed by atoms with Crippen molar-refractivity contribution in [2.75, 3.05) is 32.9 Å². The van der Waals surface area contributed by atoms with Crippen molar-refractivity contribution >= 4 is 5.91 Å². The summed E-state index contributed by atoms with van der Waals surface area (Å²) in [6, 6.07) is 11.1. The molecule has 134 valence electrons. The lowest BCUT2D eigenvalue weighted by molar-refractivity contribution is -0.133. The molecule has 0 radical (unpaired) electrons. The Morgan fingerprint density at radius 2 is 2.04 bits per heavy atom. The SMILES string of the molecule is CCOCCO[C@H](C)C(=O)N[C@H]1CCN([C@@H](C)c2ccccc2)C1. The molecule has 1 aliphatic rings. The first-order valence-corrected chi connectivity index (χ1v) is 8.90. The number of nitrogens with zero attached hydrogens (tertiary/aromatic N) is 1. The summed E-state index contributed by atoms with van der Waals surface area (Å²) in [7, 11) is 0. The van der Waals surface area contributed by atoms with E-state index < -0.39 is 6.10 Å². The van der Waals surface area contributed by atoms with E-state index in [0.29, 0.717) is 25.9 Å². The lowest BCUT2D eigenvalue weighted by atomic mass is 10.1. The van der Waals surface area contributed by atoms with E-state index in [2.05, 4.69) is 41.4 Å². The van der Waals surface area contributed by atoms with Gasteiger partial charge in [-0.15, -0.1) is 0 Å². The standard InChI is InChI=1S/C19H30N2O3/c1-4-23-12-13-24-16(3)19(22)20-18-10-11-21(14-18)15(2)17-8-6-5-7-9-17/h5-9,15-16,18H,4,10-14H2,1-3H3,(H,20,22)/t15-,16+,18-/m0/s1. The van der Waals surface area contributed by atoms with Crippen LogP contribution in [-0.4, -0.2) is 55.9 Å². The molecule has 24 heavy (non-hydrogen) atoms. The van der Waals surface area contributed by atoms with Gasteiger partial charge in [-0.1, -0.05) is 30.3 Å². The third-order valence-electron chi connectivity index (χ3n) is 4.56. The number of hydrogen-bond acceptors (Lipinski definition) is 4. The van der Waals surface area contributed by atoms with E-state index in [0.717, 1.165) is 19.5 Å². The molecule has 1 fully saturated rings. The monoisotopic (exact) mass is 334 g/mol. The van der Waals surface area contributed by atoms with Gasteiger partial charge in [-0.05, 0) is 32.8 Å². The predicted octanol–water partition coefficient (Wildman–Crippen LogP) is 2.38. The molecule has 0 spiro atoms. The van der Waals surface area contributed by atoms with Crippen LogP contribution >= 0.6 is 0 Å². The molecule has 0 saturated carbocycles. The quantitative estimate of drug-likeness (QED) is 0.705. The number of carbonyl (C=O) groups is 1. The molecule has 1 N–H and O–H groups in total. The molecule has 5 nitrogen and oxygen atoms in total. The van der Waals surface area contributed by atoms with Crippen molar-refractivity contribution in [3.05, 3.63) is 35.9 Å². The number of likely N-dealkylation sites (tertiary alicyclic amines) is 1. The molecule has 0 unspecified atom stereocenters. The molecule has 1 heterocycles. The van der Waals surface area contributed by atoms with Gasteiger partial charge in [0.25, 0.3) is 0 Å². The molecule has 0 aliphatic carbocycles. The Balaban J connectivity index is 1.74. The fourth-order valence-corrected chi connectivity index (χ4v) is 3.02. The zero-order valence-corrected chi connectivity index (χ0v) is 15.0. The summed E-state index contributed by atoms with van der Waals surface area (Å²) < 4.78 is 10.7. The highest BCUT2D eigenvalue weighted by Crippen LogP contribution is 2.24. The minimum atomic E-state index is -0.439. The van der Waals surface area contributed by atoms with E-state index in [1.165, 1.54) is 5.56 Å². The molecule has 5 heteroatoms. The third-order valence-corrected chi connectivity index (χ3v) is 4.56. The fraction of sp³-hybridized carbons (Fsp3) is 0.632. The third kappa shape index (κ3) is 5.58. The first-order chi connectivity index (χ1) is 11.6. The highest BCUT2D eigenvalue weighted by molar-refractivity contribution is 5.80. The molecule has 1 aromatic carbocycles. The second kappa shape index (κ2) is 9.77. The average molecular weight is 334 g/mol. The van der Waals surface area contributed by atoms with E-state index in [9.17, 15) is 4.79 Å². The first kappa shape index (κ1) is 18.9. The van der Waals surface area contributed by atoms with Crippen LogP contribution < -0.4 is 5.32 Å². The van der Waals surface area contributed by atoms with Crippen LogP contribution in [0.2, 0.25) is 0 Å². The predicted molar refractivity (Wildman–Crippen MR) is 94.9 cm³/mol. The smallest absolute Gasteiger partial charge is 0.249 e. The zero-order valence-electron chi connectivity index (χ0n) is 15.0. The van der Waals surface area contributed by atoms with Gasteiger partial charge in [0.05, 0.1) is 13.2 Å². The minimum absolute atomic E-state index is 0.0364. The van der Waals surface area contributed by atoms with Gasteiger partial charge in [-0.25, -0.2) is 0 Å². The van der Waals surface area contributed by atoms with Gasteiger partial charge in [-0.2, -0.15) is 0 Å². The van der Waals surface area contributed by atoms with Crippen molar-refractivity contribution in [1.82, 2.24) is 10.2 Å². The second-order valence-corrected chi connectivity index (χ2v) is 6.29. The number of nitrogens with one attached hydrogen (secondary N) is 1. The Labute approximate surface area is 145 Å². The number of rotatable bonds is 9. The van der Waals surface area contributed by atoms with Crippen molar-refractivity contribution in [3.8, 4) is 0 Å². The highest BCUT2D eigenvalue weighted by Gasteiger charge is 2.28. The van der Waals surface area contributed by atoms with Gasteiger partial charge in [0.15, 0.2) is 0 Å². The minimum Gasteiger partial charge on any atom is -0.379 e. The molecule has 1 saturated heterocycles. The molecule has 0 bridgehead atoms. The van der Waals surface area contributed by atoms with Gasteiger partial charge in [0, 0.05) is 31.8 Å². The van der Waals surface area contributed by atoms with Gasteiger partial charge in [0.1, 0.15) is 6.10 Å². The topological polar surface area (TPSA) is 50.8 Å². The van der Waals surface area contributed by atoms with E-state index in [1.807, 2.05) is 13.0 Å². The van der Waals surface area contributed by atoms with E-state index in [-0.39, 0.29) is 11.9 Å². The van der Waals surface area contributed by atoms with Crippen LogP contribution in [-0.2, 0) is 14.3 Å². The molecule has 1 amide bonds. The van der Waals surface area contributed by atoms with Crippen LogP contribution in [0.3, 0.4) is 0 Å². The Morgan fingerprint density at radius 1 is 1.29 bits per heavy atom. The second-order valence-electron chi connectivity index (χ2n) is 6.29. The Morgan fingerprint density at radius 3 is 2.75 bits per heavy atom. The summed E-state index contributed by atoms with van der Waals surface area (Å²) in [4.78, 5) is 14.6. The largest absolute Gasteiger partial charge is 0.379 e. The fourth-order valence-electron chi connectivity index (χ4n) is 3.02. The molecule has 3 atom stereocenters. The van der Waals surface area contributed by atoms with E-state index in [4.69, 9.17) is 9.47 Å². The summed E-state index contributed by atoms with van der Waals surface area (Å²) in [5.74, 6) is -0.0364. The van der Waals surface area contributed by atoms with Crippen molar-refractivity contribution in [2.24, 2.45) is 0 Å². The summed E-state index contributed by atoms with van der Waals surface area (Å²) in [6.45, 7) is 9.48. The average Bonchev–Trinajstić information content (AvgIpc) is 3.07. The number of benzene rings is 1. The van der Waals surface area contributed by atoms with Crippen LogP contribution in [0.4, 0.5) is 0 Å². The summed E-state index contributed by atoms with van der Waals surface area (Å²) in [6.07, 6.45) is 0.542.